The van der Waals surface area contributed by atoms with E-state index in [2.05, 4.69) is 4.99 Å². The highest BCUT2D eigenvalue weighted by atomic mass is 32.1. The smallest absolute Gasteiger partial charge is 0.416 e. The van der Waals surface area contributed by atoms with Gasteiger partial charge in [-0.15, -0.1) is 0 Å². The van der Waals surface area contributed by atoms with Gasteiger partial charge in [-0.1, -0.05) is 23.2 Å². The number of allylic oxidation sites excluding steroid dienone is 1. The highest BCUT2D eigenvalue weighted by molar-refractivity contribution is 7.63. The highest BCUT2D eigenvalue weighted by Crippen LogP contribution is 2.43. The van der Waals surface area contributed by atoms with Crippen LogP contribution in [0.4, 0.5) is 13.2 Å². The van der Waals surface area contributed by atoms with E-state index >= 15 is 0 Å². The van der Waals surface area contributed by atoms with E-state index in [0.29, 0.717) is 5.71 Å². The van der Waals surface area contributed by atoms with E-state index in [4.69, 9.17) is 12.6 Å². The first-order valence-electron chi connectivity index (χ1n) is 6.71. The summed E-state index contributed by atoms with van der Waals surface area (Å²) in [4.78, 5) is 16.0. The van der Waals surface area contributed by atoms with Gasteiger partial charge in [0.2, 0.25) is 0 Å². The Balaban J connectivity index is 2.76. The first-order chi connectivity index (χ1) is 10.7. The van der Waals surface area contributed by atoms with Crippen molar-refractivity contribution in [3.8, 4) is 6.07 Å². The molecule has 0 fully saturated rings. The predicted molar refractivity (Wildman–Crippen MR) is 81.5 cm³/mol. The van der Waals surface area contributed by atoms with Gasteiger partial charge in [0.15, 0.2) is 0 Å². The zero-order valence-electron chi connectivity index (χ0n) is 12.3. The summed E-state index contributed by atoms with van der Waals surface area (Å²) in [6.45, 7) is 2.81. The van der Waals surface area contributed by atoms with Gasteiger partial charge in [0.1, 0.15) is 5.78 Å². The molecule has 3 nitrogen and oxygen atoms in total. The number of nitrogens with zero attached hydrogens (tertiary/aromatic N) is 2. The number of benzene rings is 1. The lowest BCUT2D eigenvalue weighted by molar-refractivity contribution is -0.138. The second kappa shape index (κ2) is 6.13. The molecule has 1 heterocycles. The number of carbonyl (C=O) groups is 1. The van der Waals surface area contributed by atoms with Crippen molar-refractivity contribution in [1.29, 1.82) is 5.26 Å². The fourth-order valence-corrected chi connectivity index (χ4v) is 3.16. The van der Waals surface area contributed by atoms with Gasteiger partial charge < -0.3 is 12.6 Å². The fraction of sp³-hybridized carbons (Fsp3) is 0.312. The number of rotatable bonds is 2. The van der Waals surface area contributed by atoms with Crippen LogP contribution in [0.25, 0.3) is 0 Å². The molecule has 120 valence electrons. The number of hydrogen-bond donors (Lipinski definition) is 0. The van der Waals surface area contributed by atoms with Crippen LogP contribution in [0.15, 0.2) is 39.9 Å². The zero-order valence-corrected chi connectivity index (χ0v) is 13.1. The molecule has 1 aromatic rings. The van der Waals surface area contributed by atoms with Crippen LogP contribution in [0.3, 0.4) is 0 Å². The minimum absolute atomic E-state index is 0.0653. The van der Waals surface area contributed by atoms with Crippen LogP contribution in [0.2, 0.25) is 0 Å². The Morgan fingerprint density at radius 3 is 2.48 bits per heavy atom. The molecule has 0 bridgehead atoms. The number of aliphatic imine (C=N–C) groups is 1. The molecular weight excluding hydrogens is 325 g/mol. The van der Waals surface area contributed by atoms with Crippen LogP contribution >= 0.6 is 0 Å². The molecule has 7 heteroatoms. The quantitative estimate of drug-likeness (QED) is 0.772. The van der Waals surface area contributed by atoms with Gasteiger partial charge in [-0.25, -0.2) is 0 Å². The molecule has 0 radical (unpaired) electrons. The molecule has 1 aliphatic rings. The summed E-state index contributed by atoms with van der Waals surface area (Å²) in [6, 6.07) is 6.76. The summed E-state index contributed by atoms with van der Waals surface area (Å²) in [6.07, 6.45) is -4.59. The van der Waals surface area contributed by atoms with Crippen molar-refractivity contribution in [2.45, 2.75) is 25.9 Å². The van der Waals surface area contributed by atoms with Gasteiger partial charge in [0.05, 0.1) is 17.6 Å². The van der Waals surface area contributed by atoms with Gasteiger partial charge in [-0.2, -0.15) is 18.4 Å². The molecule has 0 saturated carbocycles. The average Bonchev–Trinajstić information content (AvgIpc) is 2.45. The Kier molecular flexibility index (Phi) is 4.57. The third-order valence-corrected chi connectivity index (χ3v) is 4.07. The second-order valence-electron chi connectivity index (χ2n) is 5.23. The molecule has 0 aromatic heterocycles. The Labute approximate surface area is 136 Å². The lowest BCUT2D eigenvalue weighted by Crippen LogP contribution is -2.32. The topological polar surface area (TPSA) is 53.2 Å². The number of hydrogen-bond acceptors (Lipinski definition) is 4. The van der Waals surface area contributed by atoms with E-state index in [1.165, 1.54) is 32.0 Å². The molecule has 0 aliphatic carbocycles. The van der Waals surface area contributed by atoms with E-state index in [1.807, 2.05) is 6.07 Å². The molecule has 0 spiro atoms. The minimum Gasteiger partial charge on any atom is -0.759 e. The summed E-state index contributed by atoms with van der Waals surface area (Å²) in [5.41, 5.74) is -0.763. The fourth-order valence-electron chi connectivity index (χ4n) is 2.84. The molecule has 1 unspecified atom stereocenters. The molecular formula is C16H12F3N2OS-. The van der Waals surface area contributed by atoms with Crippen molar-refractivity contribution in [2.24, 2.45) is 10.9 Å². The van der Waals surface area contributed by atoms with Crippen molar-refractivity contribution in [2.75, 3.05) is 0 Å². The first-order valence-corrected chi connectivity index (χ1v) is 7.12. The van der Waals surface area contributed by atoms with E-state index in [0.717, 1.165) is 6.07 Å². The number of alkyl halides is 3. The monoisotopic (exact) mass is 337 g/mol. The molecule has 0 amide bonds. The van der Waals surface area contributed by atoms with Crippen LogP contribution in [0.5, 0.6) is 0 Å². The largest absolute Gasteiger partial charge is 0.759 e. The Morgan fingerprint density at radius 1 is 1.35 bits per heavy atom. The SMILES string of the molecule is CC(=O)C1C(C)=NC([S-])=C(C#N)[C@@H]1c1ccccc1C(F)(F)F. The van der Waals surface area contributed by atoms with Crippen molar-refractivity contribution >= 4 is 24.1 Å². The van der Waals surface area contributed by atoms with Crippen LogP contribution < -0.4 is 0 Å². The summed E-state index contributed by atoms with van der Waals surface area (Å²) >= 11 is 5.02. The van der Waals surface area contributed by atoms with E-state index in [9.17, 15) is 23.2 Å². The third-order valence-electron chi connectivity index (χ3n) is 3.76. The number of ketones is 1. The highest BCUT2D eigenvalue weighted by Gasteiger charge is 2.41. The first kappa shape index (κ1) is 17.2. The Morgan fingerprint density at radius 2 is 1.96 bits per heavy atom. The Hall–Kier alpha value is -2.20. The zero-order chi connectivity index (χ0) is 17.4. The van der Waals surface area contributed by atoms with E-state index in [1.54, 1.807) is 0 Å². The molecule has 1 aliphatic heterocycles. The maximum absolute atomic E-state index is 13.3. The van der Waals surface area contributed by atoms with E-state index in [-0.39, 0.29) is 21.9 Å². The maximum Gasteiger partial charge on any atom is 0.416 e. The molecule has 23 heavy (non-hydrogen) atoms. The van der Waals surface area contributed by atoms with Gasteiger partial charge in [0, 0.05) is 17.2 Å². The number of carbonyl (C=O) groups excluding carboxylic acids is 1. The van der Waals surface area contributed by atoms with Crippen molar-refractivity contribution < 1.29 is 18.0 Å². The minimum atomic E-state index is -4.59. The lowest BCUT2D eigenvalue weighted by Gasteiger charge is -2.33. The van der Waals surface area contributed by atoms with Crippen molar-refractivity contribution in [3.05, 3.63) is 46.0 Å². The number of halogens is 3. The summed E-state index contributed by atoms with van der Waals surface area (Å²) in [5.74, 6) is -2.36. The second-order valence-corrected chi connectivity index (χ2v) is 5.62. The van der Waals surface area contributed by atoms with E-state index < -0.39 is 23.6 Å². The maximum atomic E-state index is 13.3. The number of Topliss-reactive ketones (excluding diaryl/α,β-unsaturated/α-hetero) is 1. The van der Waals surface area contributed by atoms with Crippen LogP contribution in [0, 0.1) is 17.2 Å². The van der Waals surface area contributed by atoms with Gasteiger partial charge in [-0.05, 0) is 25.5 Å². The van der Waals surface area contributed by atoms with Crippen molar-refractivity contribution in [1.82, 2.24) is 0 Å². The molecule has 1 aromatic carbocycles. The molecule has 0 saturated heterocycles. The standard InChI is InChI=1S/C16H13F3N2OS/c1-8-13(9(2)22)14(11(7-20)15(23)21-8)10-5-3-4-6-12(10)16(17,18)19/h3-6,13-14,23H,1-2H3/p-1/t13?,14-/m0/s1. The summed E-state index contributed by atoms with van der Waals surface area (Å²) < 4.78 is 40.0. The van der Waals surface area contributed by atoms with Crippen molar-refractivity contribution in [3.63, 3.8) is 0 Å². The van der Waals surface area contributed by atoms with Crippen LogP contribution in [0.1, 0.15) is 30.9 Å². The summed E-state index contributed by atoms with van der Waals surface area (Å²) in [5, 5.41) is 9.27. The average molecular weight is 337 g/mol. The van der Waals surface area contributed by atoms with Crippen LogP contribution in [-0.2, 0) is 23.6 Å². The molecule has 2 atom stereocenters. The lowest BCUT2D eigenvalue weighted by atomic mass is 9.74. The van der Waals surface area contributed by atoms with Crippen LogP contribution in [-0.4, -0.2) is 11.5 Å². The van der Waals surface area contributed by atoms with Gasteiger partial charge in [-0.3, -0.25) is 9.79 Å². The number of nitriles is 1. The summed E-state index contributed by atoms with van der Waals surface area (Å²) in [7, 11) is 0. The normalized spacial score (nSPS) is 21.7. The third kappa shape index (κ3) is 3.13. The van der Waals surface area contributed by atoms with Gasteiger partial charge >= 0.3 is 6.18 Å². The molecule has 0 N–H and O–H groups in total. The Bertz CT molecular complexity index is 759. The molecule has 2 rings (SSSR count). The van der Waals surface area contributed by atoms with Gasteiger partial charge in [0.25, 0.3) is 0 Å². The predicted octanol–water partition coefficient (Wildman–Crippen LogP) is 3.75.